The lowest BCUT2D eigenvalue weighted by Gasteiger charge is -2.32. The number of amides is 1. The minimum absolute atomic E-state index is 0.164. The molecular weight excluding hydrogens is 340 g/mol. The van der Waals surface area contributed by atoms with Gasteiger partial charge in [-0.3, -0.25) is 4.79 Å². The molecule has 132 valence electrons. The average Bonchev–Trinajstić information content (AvgIpc) is 2.72. The van der Waals surface area contributed by atoms with Gasteiger partial charge >= 0.3 is 0 Å². The molecule has 3 nitrogen and oxygen atoms in total. The molecule has 0 spiro atoms. The molecule has 1 aliphatic heterocycles. The van der Waals surface area contributed by atoms with E-state index in [1.54, 1.807) is 0 Å². The first kappa shape index (κ1) is 17.1. The third-order valence-corrected chi connectivity index (χ3v) is 6.20. The van der Waals surface area contributed by atoms with E-state index < -0.39 is 0 Å². The second kappa shape index (κ2) is 7.92. The number of aromatic nitrogens is 1. The van der Waals surface area contributed by atoms with E-state index in [1.807, 2.05) is 65.3 Å². The molecule has 4 heteroatoms. The van der Waals surface area contributed by atoms with Crippen molar-refractivity contribution in [2.24, 2.45) is 5.92 Å². The number of carbonyl (C=O) groups is 1. The topological polar surface area (TPSA) is 33.2 Å². The summed E-state index contributed by atoms with van der Waals surface area (Å²) in [7, 11) is 0. The lowest BCUT2D eigenvalue weighted by atomic mass is 9.97. The van der Waals surface area contributed by atoms with Gasteiger partial charge in [0.1, 0.15) is 0 Å². The molecule has 0 saturated carbocycles. The molecule has 1 fully saturated rings. The highest BCUT2D eigenvalue weighted by Crippen LogP contribution is 2.27. The summed E-state index contributed by atoms with van der Waals surface area (Å²) in [4.78, 5) is 19.4. The van der Waals surface area contributed by atoms with Gasteiger partial charge in [-0.05, 0) is 47.7 Å². The van der Waals surface area contributed by atoms with Crippen molar-refractivity contribution in [3.05, 3.63) is 72.4 Å². The minimum atomic E-state index is 0.164. The number of benzene rings is 2. The Labute approximate surface area is 158 Å². The van der Waals surface area contributed by atoms with Crippen LogP contribution in [-0.2, 0) is 0 Å². The van der Waals surface area contributed by atoms with Gasteiger partial charge in [0.05, 0.1) is 5.03 Å². The fraction of sp³-hybridized carbons (Fsp3) is 0.273. The molecule has 26 heavy (non-hydrogen) atoms. The molecule has 0 radical (unpaired) electrons. The van der Waals surface area contributed by atoms with Gasteiger partial charge in [-0.25, -0.2) is 4.98 Å². The van der Waals surface area contributed by atoms with Crippen LogP contribution in [0.4, 0.5) is 0 Å². The van der Waals surface area contributed by atoms with Gasteiger partial charge in [0.2, 0.25) is 0 Å². The van der Waals surface area contributed by atoms with E-state index in [0.29, 0.717) is 5.92 Å². The maximum absolute atomic E-state index is 13.0. The van der Waals surface area contributed by atoms with Gasteiger partial charge in [0.15, 0.2) is 0 Å². The van der Waals surface area contributed by atoms with Crippen LogP contribution in [-0.4, -0.2) is 34.6 Å². The lowest BCUT2D eigenvalue weighted by Crippen LogP contribution is -2.39. The molecule has 0 atom stereocenters. The second-order valence-electron chi connectivity index (χ2n) is 6.74. The SMILES string of the molecule is O=C(c1cccc2ccccc12)N1CCC(CSc2ccccn2)CC1. The van der Waals surface area contributed by atoms with Crippen molar-refractivity contribution in [2.45, 2.75) is 17.9 Å². The van der Waals surface area contributed by atoms with Gasteiger partial charge in [-0.2, -0.15) is 0 Å². The number of thioether (sulfide) groups is 1. The molecule has 0 bridgehead atoms. The van der Waals surface area contributed by atoms with Crippen LogP contribution in [0, 0.1) is 5.92 Å². The van der Waals surface area contributed by atoms with Gasteiger partial charge in [-0.1, -0.05) is 42.5 Å². The molecule has 2 aromatic carbocycles. The monoisotopic (exact) mass is 362 g/mol. The van der Waals surface area contributed by atoms with E-state index in [9.17, 15) is 4.79 Å². The smallest absolute Gasteiger partial charge is 0.254 e. The predicted molar refractivity (Wildman–Crippen MR) is 108 cm³/mol. The van der Waals surface area contributed by atoms with E-state index in [-0.39, 0.29) is 5.91 Å². The minimum Gasteiger partial charge on any atom is -0.339 e. The molecule has 3 aromatic rings. The van der Waals surface area contributed by atoms with Crippen LogP contribution >= 0.6 is 11.8 Å². The quantitative estimate of drug-likeness (QED) is 0.620. The van der Waals surface area contributed by atoms with Crippen molar-refractivity contribution in [1.82, 2.24) is 9.88 Å². The first-order chi connectivity index (χ1) is 12.8. The predicted octanol–water partition coefficient (Wildman–Crippen LogP) is 4.88. The van der Waals surface area contributed by atoms with Crippen molar-refractivity contribution >= 4 is 28.4 Å². The van der Waals surface area contributed by atoms with Gasteiger partial charge in [0, 0.05) is 30.6 Å². The first-order valence-corrected chi connectivity index (χ1v) is 10.1. The molecule has 0 unspecified atom stereocenters. The summed E-state index contributed by atoms with van der Waals surface area (Å²) in [6.07, 6.45) is 3.97. The maximum Gasteiger partial charge on any atom is 0.254 e. The summed E-state index contributed by atoms with van der Waals surface area (Å²) < 4.78 is 0. The highest BCUT2D eigenvalue weighted by Gasteiger charge is 2.24. The van der Waals surface area contributed by atoms with Crippen LogP contribution in [0.2, 0.25) is 0 Å². The van der Waals surface area contributed by atoms with Crippen molar-refractivity contribution in [3.8, 4) is 0 Å². The number of carbonyl (C=O) groups excluding carboxylic acids is 1. The Bertz CT molecular complexity index is 884. The maximum atomic E-state index is 13.0. The van der Waals surface area contributed by atoms with Crippen molar-refractivity contribution in [2.75, 3.05) is 18.8 Å². The van der Waals surface area contributed by atoms with Crippen molar-refractivity contribution in [3.63, 3.8) is 0 Å². The first-order valence-electron chi connectivity index (χ1n) is 9.12. The summed E-state index contributed by atoms with van der Waals surface area (Å²) in [6.45, 7) is 1.69. The summed E-state index contributed by atoms with van der Waals surface area (Å²) in [5.41, 5.74) is 0.824. The van der Waals surface area contributed by atoms with E-state index >= 15 is 0 Å². The van der Waals surface area contributed by atoms with Crippen LogP contribution in [0.25, 0.3) is 10.8 Å². The molecule has 1 aliphatic rings. The molecule has 4 rings (SSSR count). The number of nitrogens with zero attached hydrogens (tertiary/aromatic N) is 2. The van der Waals surface area contributed by atoms with Gasteiger partial charge in [0.25, 0.3) is 5.91 Å². The number of rotatable bonds is 4. The lowest BCUT2D eigenvalue weighted by molar-refractivity contribution is 0.0700. The summed E-state index contributed by atoms with van der Waals surface area (Å²) >= 11 is 1.82. The third kappa shape index (κ3) is 3.75. The van der Waals surface area contributed by atoms with Crippen LogP contribution in [0.15, 0.2) is 71.9 Å². The molecule has 1 amide bonds. The number of likely N-dealkylation sites (tertiary alicyclic amines) is 1. The van der Waals surface area contributed by atoms with Crippen molar-refractivity contribution < 1.29 is 4.79 Å². The largest absolute Gasteiger partial charge is 0.339 e. The molecule has 0 N–H and O–H groups in total. The summed E-state index contributed by atoms with van der Waals surface area (Å²) in [6, 6.07) is 20.1. The van der Waals surface area contributed by atoms with E-state index in [1.165, 1.54) is 0 Å². The van der Waals surface area contributed by atoms with Gasteiger partial charge in [-0.15, -0.1) is 11.8 Å². The summed E-state index contributed by atoms with van der Waals surface area (Å²) in [5.74, 6) is 1.89. The zero-order valence-corrected chi connectivity index (χ0v) is 15.5. The Hall–Kier alpha value is -2.33. The van der Waals surface area contributed by atoms with Gasteiger partial charge < -0.3 is 4.90 Å². The highest BCUT2D eigenvalue weighted by molar-refractivity contribution is 7.99. The van der Waals surface area contributed by atoms with Crippen LogP contribution in [0.1, 0.15) is 23.2 Å². The Morgan fingerprint density at radius 2 is 1.77 bits per heavy atom. The Balaban J connectivity index is 1.37. The molecule has 0 aliphatic carbocycles. The molecular formula is C22H22N2OS. The molecule has 1 saturated heterocycles. The Morgan fingerprint density at radius 3 is 2.58 bits per heavy atom. The number of fused-ring (bicyclic) bond motifs is 1. The number of piperidine rings is 1. The second-order valence-corrected chi connectivity index (χ2v) is 7.78. The zero-order valence-electron chi connectivity index (χ0n) is 14.7. The fourth-order valence-electron chi connectivity index (χ4n) is 3.52. The van der Waals surface area contributed by atoms with E-state index in [4.69, 9.17) is 0 Å². The number of pyridine rings is 1. The Kier molecular flexibility index (Phi) is 5.21. The van der Waals surface area contributed by atoms with Crippen LogP contribution in [0.5, 0.6) is 0 Å². The highest BCUT2D eigenvalue weighted by atomic mass is 32.2. The zero-order chi connectivity index (χ0) is 17.8. The van der Waals surface area contributed by atoms with Crippen LogP contribution in [0.3, 0.4) is 0 Å². The molecule has 2 heterocycles. The van der Waals surface area contributed by atoms with Crippen molar-refractivity contribution in [1.29, 1.82) is 0 Å². The fourth-order valence-corrected chi connectivity index (χ4v) is 4.57. The van der Waals surface area contributed by atoms with Crippen LogP contribution < -0.4 is 0 Å². The normalized spacial score (nSPS) is 15.3. The van der Waals surface area contributed by atoms with E-state index in [0.717, 1.165) is 53.0 Å². The standard InChI is InChI=1S/C22H22N2OS/c25-22(20-9-5-7-18-6-1-2-8-19(18)20)24-14-11-17(12-15-24)16-26-21-10-3-4-13-23-21/h1-10,13,17H,11-12,14-16H2. The summed E-state index contributed by atoms with van der Waals surface area (Å²) in [5, 5.41) is 3.26. The number of hydrogen-bond donors (Lipinski definition) is 0. The average molecular weight is 362 g/mol. The van der Waals surface area contributed by atoms with E-state index in [2.05, 4.69) is 23.2 Å². The third-order valence-electron chi connectivity index (χ3n) is 5.03. The number of hydrogen-bond acceptors (Lipinski definition) is 3. The Morgan fingerprint density at radius 1 is 1.00 bits per heavy atom. The molecule has 1 aromatic heterocycles.